The zero-order valence-corrected chi connectivity index (χ0v) is 31.7. The van der Waals surface area contributed by atoms with Crippen molar-refractivity contribution < 1.29 is 0 Å². The summed E-state index contributed by atoms with van der Waals surface area (Å²) in [6, 6.07) is 66.4. The van der Waals surface area contributed by atoms with E-state index in [1.807, 2.05) is 0 Å². The lowest BCUT2D eigenvalue weighted by molar-refractivity contribution is 1.27. The first-order valence-corrected chi connectivity index (χ1v) is 19.0. The Bertz CT molecular complexity index is 2460. The van der Waals surface area contributed by atoms with Crippen LogP contribution in [0.5, 0.6) is 0 Å². The number of aromatic amines is 1. The Balaban J connectivity index is 1.03. The number of anilines is 6. The molecule has 0 radical (unpaired) electrons. The molecule has 0 amide bonds. The zero-order valence-electron chi connectivity index (χ0n) is 31.7. The molecule has 0 spiro atoms. The summed E-state index contributed by atoms with van der Waals surface area (Å²) in [6.07, 6.45) is 0. The van der Waals surface area contributed by atoms with E-state index in [-0.39, 0.29) is 0 Å². The van der Waals surface area contributed by atoms with Crippen LogP contribution in [-0.4, -0.2) is 4.98 Å². The van der Waals surface area contributed by atoms with Gasteiger partial charge >= 0.3 is 0 Å². The molecule has 3 nitrogen and oxygen atoms in total. The maximum atomic E-state index is 3.66. The molecular formula is C52H43N3. The predicted molar refractivity (Wildman–Crippen MR) is 235 cm³/mol. The van der Waals surface area contributed by atoms with Crippen LogP contribution >= 0.6 is 0 Å². The Kier molecular flexibility index (Phi) is 8.76. The van der Waals surface area contributed by atoms with Gasteiger partial charge in [-0.2, -0.15) is 0 Å². The number of H-pyrrole nitrogens is 1. The molecule has 0 aliphatic rings. The van der Waals surface area contributed by atoms with Crippen LogP contribution in [0.2, 0.25) is 0 Å². The molecule has 0 aliphatic heterocycles. The van der Waals surface area contributed by atoms with Crippen molar-refractivity contribution >= 4 is 55.9 Å². The summed E-state index contributed by atoms with van der Waals surface area (Å²) in [5, 5.41) is 2.45. The standard InChI is InChI=1S/C52H43N3/c1-35-5-19-43(20-6-35)54(44-21-7-36(2)8-22-44)47-27-13-39(14-28-47)41-17-31-51-49(33-41)50-34-42(18-32-52(50)53-51)40-15-29-48(30-16-40)55(45-23-9-37(3)10-24-45)46-25-11-38(4)12-26-46/h5-34,53H,1-4H3. The third-order valence-corrected chi connectivity index (χ3v) is 10.7. The summed E-state index contributed by atoms with van der Waals surface area (Å²) in [4.78, 5) is 8.30. The van der Waals surface area contributed by atoms with Crippen molar-refractivity contribution in [1.82, 2.24) is 4.98 Å². The SMILES string of the molecule is Cc1ccc(N(c2ccc(C)cc2)c2ccc(-c3ccc4[nH]c5ccc(-c6ccc(N(c7ccc(C)cc7)c7ccc(C)cc7)cc6)cc5c4c3)cc2)cc1. The molecule has 0 saturated carbocycles. The van der Waals surface area contributed by atoms with Gasteiger partial charge in [-0.25, -0.2) is 0 Å². The van der Waals surface area contributed by atoms with Crippen molar-refractivity contribution in [2.24, 2.45) is 0 Å². The van der Waals surface area contributed by atoms with Crippen molar-refractivity contribution in [3.63, 3.8) is 0 Å². The van der Waals surface area contributed by atoms with Crippen LogP contribution in [0.1, 0.15) is 22.3 Å². The molecule has 0 atom stereocenters. The average Bonchev–Trinajstić information content (AvgIpc) is 3.59. The van der Waals surface area contributed by atoms with Gasteiger partial charge in [0.1, 0.15) is 0 Å². The largest absolute Gasteiger partial charge is 0.355 e. The molecule has 0 unspecified atom stereocenters. The number of fused-ring (bicyclic) bond motifs is 3. The Morgan fingerprint density at radius 2 is 0.509 bits per heavy atom. The number of rotatable bonds is 8. The average molecular weight is 710 g/mol. The fourth-order valence-electron chi connectivity index (χ4n) is 7.53. The van der Waals surface area contributed by atoms with Gasteiger partial charge in [-0.1, -0.05) is 107 Å². The highest BCUT2D eigenvalue weighted by Gasteiger charge is 2.15. The van der Waals surface area contributed by atoms with Crippen molar-refractivity contribution in [3.8, 4) is 22.3 Å². The minimum Gasteiger partial charge on any atom is -0.355 e. The Hall–Kier alpha value is -6.84. The van der Waals surface area contributed by atoms with E-state index < -0.39 is 0 Å². The van der Waals surface area contributed by atoms with Crippen LogP contribution in [-0.2, 0) is 0 Å². The number of hydrogen-bond acceptors (Lipinski definition) is 2. The van der Waals surface area contributed by atoms with Crippen LogP contribution in [0.3, 0.4) is 0 Å². The van der Waals surface area contributed by atoms with Gasteiger partial charge in [-0.15, -0.1) is 0 Å². The molecule has 3 heteroatoms. The van der Waals surface area contributed by atoms with Crippen molar-refractivity contribution in [1.29, 1.82) is 0 Å². The number of benzene rings is 8. The highest BCUT2D eigenvalue weighted by molar-refractivity contribution is 6.09. The van der Waals surface area contributed by atoms with Gasteiger partial charge in [0.05, 0.1) is 0 Å². The molecule has 0 saturated heterocycles. The quantitative estimate of drug-likeness (QED) is 0.170. The smallest absolute Gasteiger partial charge is 0.0465 e. The zero-order chi connectivity index (χ0) is 37.5. The maximum Gasteiger partial charge on any atom is 0.0465 e. The van der Waals surface area contributed by atoms with Crippen LogP contribution in [0.15, 0.2) is 182 Å². The minimum atomic E-state index is 1.13. The fourth-order valence-corrected chi connectivity index (χ4v) is 7.53. The number of aryl methyl sites for hydroxylation is 4. The molecule has 55 heavy (non-hydrogen) atoms. The highest BCUT2D eigenvalue weighted by atomic mass is 15.1. The lowest BCUT2D eigenvalue weighted by Crippen LogP contribution is -2.09. The Morgan fingerprint density at radius 3 is 0.782 bits per heavy atom. The van der Waals surface area contributed by atoms with Gasteiger partial charge in [0, 0.05) is 55.9 Å². The molecule has 9 rings (SSSR count). The van der Waals surface area contributed by atoms with Gasteiger partial charge in [-0.05, 0) is 147 Å². The van der Waals surface area contributed by atoms with Crippen molar-refractivity contribution in [2.75, 3.05) is 9.80 Å². The van der Waals surface area contributed by atoms with E-state index in [9.17, 15) is 0 Å². The second-order valence-corrected chi connectivity index (χ2v) is 14.8. The predicted octanol–water partition coefficient (Wildman–Crippen LogP) is 14.8. The fraction of sp³-hybridized carbons (Fsp3) is 0.0769. The van der Waals surface area contributed by atoms with E-state index >= 15 is 0 Å². The minimum absolute atomic E-state index is 1.13. The topological polar surface area (TPSA) is 22.3 Å². The summed E-state index contributed by atoms with van der Waals surface area (Å²) < 4.78 is 0. The normalized spacial score (nSPS) is 11.3. The second-order valence-electron chi connectivity index (χ2n) is 14.8. The Morgan fingerprint density at radius 1 is 0.273 bits per heavy atom. The first-order chi connectivity index (χ1) is 26.9. The molecule has 0 fully saturated rings. The molecular weight excluding hydrogens is 667 g/mol. The number of nitrogens with zero attached hydrogens (tertiary/aromatic N) is 2. The lowest BCUT2D eigenvalue weighted by atomic mass is 9.99. The molecule has 266 valence electrons. The van der Waals surface area contributed by atoms with E-state index in [4.69, 9.17) is 0 Å². The second kappa shape index (κ2) is 14.2. The molecule has 1 N–H and O–H groups in total. The van der Waals surface area contributed by atoms with Crippen LogP contribution in [0.4, 0.5) is 34.1 Å². The molecule has 8 aromatic carbocycles. The molecule has 1 aromatic heterocycles. The monoisotopic (exact) mass is 709 g/mol. The third-order valence-electron chi connectivity index (χ3n) is 10.7. The van der Waals surface area contributed by atoms with E-state index in [2.05, 4.69) is 224 Å². The van der Waals surface area contributed by atoms with Crippen molar-refractivity contribution in [3.05, 3.63) is 204 Å². The number of aromatic nitrogens is 1. The maximum absolute atomic E-state index is 3.66. The van der Waals surface area contributed by atoms with Gasteiger partial charge in [0.2, 0.25) is 0 Å². The first-order valence-electron chi connectivity index (χ1n) is 19.0. The van der Waals surface area contributed by atoms with Gasteiger partial charge in [-0.3, -0.25) is 0 Å². The summed E-state index contributed by atoms with van der Waals surface area (Å²) in [7, 11) is 0. The number of hydrogen-bond donors (Lipinski definition) is 1. The van der Waals surface area contributed by atoms with Gasteiger partial charge < -0.3 is 14.8 Å². The summed E-state index contributed by atoms with van der Waals surface area (Å²) in [6.45, 7) is 8.52. The Labute approximate surface area is 323 Å². The number of nitrogens with one attached hydrogen (secondary N) is 1. The molecule has 0 bridgehead atoms. The van der Waals surface area contributed by atoms with Crippen LogP contribution < -0.4 is 9.80 Å². The summed E-state index contributed by atoms with van der Waals surface area (Å²) in [5.74, 6) is 0. The summed E-state index contributed by atoms with van der Waals surface area (Å²) in [5.41, 5.74) is 18.9. The van der Waals surface area contributed by atoms with Gasteiger partial charge in [0.15, 0.2) is 0 Å². The molecule has 0 aliphatic carbocycles. The third kappa shape index (κ3) is 6.77. The van der Waals surface area contributed by atoms with Crippen molar-refractivity contribution in [2.45, 2.75) is 27.7 Å². The highest BCUT2D eigenvalue weighted by Crippen LogP contribution is 2.39. The van der Waals surface area contributed by atoms with E-state index in [0.717, 1.165) is 45.2 Å². The lowest BCUT2D eigenvalue weighted by Gasteiger charge is -2.26. The first kappa shape index (κ1) is 34.0. The van der Waals surface area contributed by atoms with E-state index in [1.165, 1.54) is 55.3 Å². The molecule has 9 aromatic rings. The van der Waals surface area contributed by atoms with E-state index in [1.54, 1.807) is 0 Å². The summed E-state index contributed by atoms with van der Waals surface area (Å²) >= 11 is 0. The van der Waals surface area contributed by atoms with Gasteiger partial charge in [0.25, 0.3) is 0 Å². The van der Waals surface area contributed by atoms with Crippen LogP contribution in [0.25, 0.3) is 44.1 Å². The van der Waals surface area contributed by atoms with Crippen LogP contribution in [0, 0.1) is 27.7 Å². The molecule has 1 heterocycles. The van der Waals surface area contributed by atoms with E-state index in [0.29, 0.717) is 0 Å².